The first kappa shape index (κ1) is 13.5. The Balaban J connectivity index is 2.23. The minimum atomic E-state index is -1.12. The fraction of sp³-hybridized carbons (Fsp3) is 0. The predicted molar refractivity (Wildman–Crippen MR) is 72.2 cm³/mol. The number of hydrogen-bond donors (Lipinski definition) is 3. The van der Waals surface area contributed by atoms with Gasteiger partial charge < -0.3 is 15.4 Å². The number of benzene rings is 1. The fourth-order valence-corrected chi connectivity index (χ4v) is 1.88. The van der Waals surface area contributed by atoms with Crippen molar-refractivity contribution in [1.82, 2.24) is 4.98 Å². The van der Waals surface area contributed by atoms with Crippen LogP contribution in [-0.2, 0) is 0 Å². The smallest absolute Gasteiger partial charge is 0.335 e. The molecule has 0 spiro atoms. The Morgan fingerprint density at radius 1 is 1.11 bits per heavy atom. The summed E-state index contributed by atoms with van der Waals surface area (Å²) < 4.78 is 0. The monoisotopic (exact) mass is 298 g/mol. The molecule has 5 nitrogen and oxygen atoms in total. The summed E-state index contributed by atoms with van der Waals surface area (Å²) in [7, 11) is 0. The van der Waals surface area contributed by atoms with Crippen LogP contribution in [0.15, 0.2) is 30.5 Å². The molecule has 2 aromatic rings. The van der Waals surface area contributed by atoms with Crippen molar-refractivity contribution in [3.05, 3.63) is 51.8 Å². The van der Waals surface area contributed by atoms with Crippen LogP contribution in [0.5, 0.6) is 0 Å². The maximum Gasteiger partial charge on any atom is 0.335 e. The van der Waals surface area contributed by atoms with Gasteiger partial charge in [0.1, 0.15) is 5.69 Å². The normalized spacial score (nSPS) is 10.2. The predicted octanol–water partition coefficient (Wildman–Crippen LogP) is 3.27. The minimum Gasteiger partial charge on any atom is -0.478 e. The summed E-state index contributed by atoms with van der Waals surface area (Å²) in [5.41, 5.74) is 0.551. The molecule has 0 bridgehead atoms. The van der Waals surface area contributed by atoms with Crippen LogP contribution in [0.25, 0.3) is 0 Å². The number of anilines is 1. The van der Waals surface area contributed by atoms with Crippen molar-refractivity contribution < 1.29 is 14.7 Å². The molecule has 0 radical (unpaired) electrons. The Morgan fingerprint density at radius 3 is 2.42 bits per heavy atom. The van der Waals surface area contributed by atoms with Crippen LogP contribution >= 0.6 is 23.2 Å². The molecular formula is C12H8Cl2N2O3. The van der Waals surface area contributed by atoms with Gasteiger partial charge in [0.15, 0.2) is 0 Å². The van der Waals surface area contributed by atoms with E-state index < -0.39 is 11.9 Å². The highest BCUT2D eigenvalue weighted by Crippen LogP contribution is 2.20. The van der Waals surface area contributed by atoms with Gasteiger partial charge in [0.05, 0.1) is 10.6 Å². The molecule has 0 saturated carbocycles. The lowest BCUT2D eigenvalue weighted by atomic mass is 10.2. The minimum absolute atomic E-state index is 0.00711. The molecule has 0 saturated heterocycles. The van der Waals surface area contributed by atoms with Crippen molar-refractivity contribution >= 4 is 40.8 Å². The second-order valence-electron chi connectivity index (χ2n) is 3.72. The molecule has 0 unspecified atom stereocenters. The van der Waals surface area contributed by atoms with Gasteiger partial charge in [-0.3, -0.25) is 4.79 Å². The first-order valence-corrected chi connectivity index (χ1v) is 5.90. The second kappa shape index (κ2) is 5.34. The molecule has 1 aromatic carbocycles. The molecule has 7 heteroatoms. The molecule has 98 valence electrons. The number of H-pyrrole nitrogens is 1. The van der Waals surface area contributed by atoms with Gasteiger partial charge in [-0.15, -0.1) is 0 Å². The van der Waals surface area contributed by atoms with Crippen LogP contribution in [-0.4, -0.2) is 22.0 Å². The summed E-state index contributed by atoms with van der Waals surface area (Å²) in [4.78, 5) is 25.4. The number of amides is 1. The molecule has 0 aliphatic carbocycles. The number of halogens is 2. The lowest BCUT2D eigenvalue weighted by Gasteiger charge is -2.05. The molecule has 1 amide bonds. The molecular weight excluding hydrogens is 291 g/mol. The molecule has 0 atom stereocenters. The average Bonchev–Trinajstić information content (AvgIpc) is 2.75. The number of aromatic carboxylic acids is 1. The van der Waals surface area contributed by atoms with Gasteiger partial charge in [0.2, 0.25) is 0 Å². The number of aromatic amines is 1. The SMILES string of the molecule is O=C(O)c1cc(Cl)cc(NC(=O)c2cc(Cl)c[nH]2)c1. The van der Waals surface area contributed by atoms with Crippen LogP contribution in [0.2, 0.25) is 10.0 Å². The van der Waals surface area contributed by atoms with Crippen molar-refractivity contribution in [2.24, 2.45) is 0 Å². The first-order chi connectivity index (χ1) is 8.95. The van der Waals surface area contributed by atoms with Crippen molar-refractivity contribution in [2.75, 3.05) is 5.32 Å². The molecule has 0 aliphatic rings. The quantitative estimate of drug-likeness (QED) is 0.813. The van der Waals surface area contributed by atoms with E-state index in [9.17, 15) is 9.59 Å². The fourth-order valence-electron chi connectivity index (χ4n) is 1.48. The Labute approximate surface area is 118 Å². The number of carbonyl (C=O) groups excluding carboxylic acids is 1. The number of aromatic nitrogens is 1. The van der Waals surface area contributed by atoms with E-state index in [4.69, 9.17) is 28.3 Å². The number of carboxylic acid groups (broad SMARTS) is 1. The van der Waals surface area contributed by atoms with Crippen LogP contribution in [0.4, 0.5) is 5.69 Å². The molecule has 19 heavy (non-hydrogen) atoms. The Kier molecular flexibility index (Phi) is 3.78. The van der Waals surface area contributed by atoms with Crippen molar-refractivity contribution in [3.63, 3.8) is 0 Å². The maximum atomic E-state index is 11.8. The number of carbonyl (C=O) groups is 2. The summed E-state index contributed by atoms with van der Waals surface area (Å²) in [6.45, 7) is 0. The van der Waals surface area contributed by atoms with Crippen LogP contribution in [0.1, 0.15) is 20.8 Å². The van der Waals surface area contributed by atoms with E-state index in [1.165, 1.54) is 30.5 Å². The first-order valence-electron chi connectivity index (χ1n) is 5.15. The zero-order chi connectivity index (χ0) is 14.0. The molecule has 1 heterocycles. The Hall–Kier alpha value is -1.98. The number of rotatable bonds is 3. The lowest BCUT2D eigenvalue weighted by Crippen LogP contribution is -2.12. The van der Waals surface area contributed by atoms with E-state index in [0.717, 1.165) is 0 Å². The standard InChI is InChI=1S/C12H8Cl2N2O3/c13-7-1-6(12(18)19)2-9(3-7)16-11(17)10-4-8(14)5-15-10/h1-5,15H,(H,16,17)(H,18,19). The highest BCUT2D eigenvalue weighted by Gasteiger charge is 2.11. The van der Waals surface area contributed by atoms with Gasteiger partial charge in [-0.2, -0.15) is 0 Å². The van der Waals surface area contributed by atoms with Gasteiger partial charge in [0, 0.05) is 16.9 Å². The van der Waals surface area contributed by atoms with Gasteiger partial charge in [-0.05, 0) is 24.3 Å². The molecule has 2 rings (SSSR count). The Morgan fingerprint density at radius 2 is 1.84 bits per heavy atom. The third-order valence-electron chi connectivity index (χ3n) is 2.30. The van der Waals surface area contributed by atoms with E-state index in [1.807, 2.05) is 0 Å². The largest absolute Gasteiger partial charge is 0.478 e. The molecule has 1 aromatic heterocycles. The Bertz CT molecular complexity index is 652. The van der Waals surface area contributed by atoms with E-state index in [2.05, 4.69) is 10.3 Å². The summed E-state index contributed by atoms with van der Waals surface area (Å²) in [6.07, 6.45) is 1.47. The third-order valence-corrected chi connectivity index (χ3v) is 2.73. The van der Waals surface area contributed by atoms with Crippen LogP contribution in [0.3, 0.4) is 0 Å². The average molecular weight is 299 g/mol. The zero-order valence-electron chi connectivity index (χ0n) is 9.41. The molecule has 3 N–H and O–H groups in total. The van der Waals surface area contributed by atoms with E-state index in [0.29, 0.717) is 10.7 Å². The second-order valence-corrected chi connectivity index (χ2v) is 4.59. The summed E-state index contributed by atoms with van der Waals surface area (Å²) in [5, 5.41) is 12.1. The maximum absolute atomic E-state index is 11.8. The molecule has 0 fully saturated rings. The summed E-state index contributed by atoms with van der Waals surface area (Å²) in [5.74, 6) is -1.56. The zero-order valence-corrected chi connectivity index (χ0v) is 10.9. The van der Waals surface area contributed by atoms with Gasteiger partial charge >= 0.3 is 5.97 Å². The topological polar surface area (TPSA) is 82.2 Å². The van der Waals surface area contributed by atoms with Crippen molar-refractivity contribution in [2.45, 2.75) is 0 Å². The van der Waals surface area contributed by atoms with E-state index in [1.54, 1.807) is 0 Å². The summed E-state index contributed by atoms with van der Waals surface area (Å²) >= 11 is 11.5. The number of nitrogens with one attached hydrogen (secondary N) is 2. The van der Waals surface area contributed by atoms with Gasteiger partial charge in [0.25, 0.3) is 5.91 Å². The van der Waals surface area contributed by atoms with Crippen LogP contribution in [0, 0.1) is 0 Å². The van der Waals surface area contributed by atoms with Crippen molar-refractivity contribution in [3.8, 4) is 0 Å². The van der Waals surface area contributed by atoms with Crippen molar-refractivity contribution in [1.29, 1.82) is 0 Å². The van der Waals surface area contributed by atoms with Gasteiger partial charge in [-0.1, -0.05) is 23.2 Å². The van der Waals surface area contributed by atoms with E-state index in [-0.39, 0.29) is 16.3 Å². The third kappa shape index (κ3) is 3.27. The van der Waals surface area contributed by atoms with E-state index >= 15 is 0 Å². The number of hydrogen-bond acceptors (Lipinski definition) is 2. The number of carboxylic acids is 1. The van der Waals surface area contributed by atoms with Gasteiger partial charge in [-0.25, -0.2) is 4.79 Å². The lowest BCUT2D eigenvalue weighted by molar-refractivity contribution is 0.0696. The highest BCUT2D eigenvalue weighted by molar-refractivity contribution is 6.31. The molecule has 0 aliphatic heterocycles. The van der Waals surface area contributed by atoms with Crippen LogP contribution < -0.4 is 5.32 Å². The highest BCUT2D eigenvalue weighted by atomic mass is 35.5. The summed E-state index contributed by atoms with van der Waals surface area (Å²) in [6, 6.07) is 5.53.